The molecule has 1 aromatic heterocycles. The topological polar surface area (TPSA) is 80.0 Å². The summed E-state index contributed by atoms with van der Waals surface area (Å²) in [7, 11) is 0. The van der Waals surface area contributed by atoms with Crippen molar-refractivity contribution in [1.29, 1.82) is 0 Å². The van der Waals surface area contributed by atoms with Gasteiger partial charge in [0.05, 0.1) is 12.6 Å². The summed E-state index contributed by atoms with van der Waals surface area (Å²) in [6.07, 6.45) is -1.34. The number of hydrogen-bond donors (Lipinski definition) is 1. The van der Waals surface area contributed by atoms with E-state index in [9.17, 15) is 9.59 Å². The van der Waals surface area contributed by atoms with Gasteiger partial charge in [-0.3, -0.25) is 4.79 Å². The maximum absolute atomic E-state index is 12.5. The molecule has 3 rings (SSSR count). The van der Waals surface area contributed by atoms with E-state index in [-0.39, 0.29) is 24.3 Å². The second kappa shape index (κ2) is 5.73. The summed E-state index contributed by atoms with van der Waals surface area (Å²) in [6, 6.07) is 7.13. The molecule has 0 radical (unpaired) electrons. The number of rotatable bonds is 2. The largest absolute Gasteiger partial charge is 0.479 e. The van der Waals surface area contributed by atoms with E-state index < -0.39 is 12.1 Å². The average molecular weight is 368 g/mol. The van der Waals surface area contributed by atoms with Gasteiger partial charge in [-0.1, -0.05) is 15.9 Å². The predicted molar refractivity (Wildman–Crippen MR) is 81.8 cm³/mol. The van der Waals surface area contributed by atoms with Gasteiger partial charge in [-0.05, 0) is 31.2 Å². The third kappa shape index (κ3) is 2.86. The molecular weight excluding hydrogens is 354 g/mol. The van der Waals surface area contributed by atoms with Gasteiger partial charge < -0.3 is 19.2 Å². The Labute approximate surface area is 134 Å². The standard InChI is InChI=1S/C15H14BrNO5/c1-8-6-17(7-13(21-8)15(19)20)14(18)12-5-9-4-10(16)2-3-11(9)22-12/h2-5,8,13H,6-7H2,1H3,(H,19,20)/t8-,13?/m1/s1. The third-order valence-corrected chi connectivity index (χ3v) is 4.01. The van der Waals surface area contributed by atoms with Gasteiger partial charge in [0.15, 0.2) is 11.9 Å². The number of carboxylic acids is 1. The first-order valence-electron chi connectivity index (χ1n) is 6.80. The maximum Gasteiger partial charge on any atom is 0.334 e. The van der Waals surface area contributed by atoms with E-state index in [0.717, 1.165) is 9.86 Å². The fraction of sp³-hybridized carbons (Fsp3) is 0.333. The molecular formula is C15H14BrNO5. The van der Waals surface area contributed by atoms with Crippen molar-refractivity contribution in [2.45, 2.75) is 19.1 Å². The van der Waals surface area contributed by atoms with Crippen LogP contribution in [0.3, 0.4) is 0 Å². The summed E-state index contributed by atoms with van der Waals surface area (Å²) in [4.78, 5) is 25.1. The fourth-order valence-electron chi connectivity index (χ4n) is 2.53. The number of carboxylic acid groups (broad SMARTS) is 1. The molecule has 1 amide bonds. The summed E-state index contributed by atoms with van der Waals surface area (Å²) < 4.78 is 11.8. The maximum atomic E-state index is 12.5. The van der Waals surface area contributed by atoms with Crippen LogP contribution in [0, 0.1) is 0 Å². The van der Waals surface area contributed by atoms with Crippen LogP contribution in [0.15, 0.2) is 33.2 Å². The van der Waals surface area contributed by atoms with E-state index >= 15 is 0 Å². The highest BCUT2D eigenvalue weighted by Gasteiger charge is 2.34. The van der Waals surface area contributed by atoms with Crippen molar-refractivity contribution >= 4 is 38.8 Å². The van der Waals surface area contributed by atoms with Crippen LogP contribution in [0.1, 0.15) is 17.5 Å². The van der Waals surface area contributed by atoms with E-state index in [1.54, 1.807) is 19.1 Å². The number of fused-ring (bicyclic) bond motifs is 1. The Bertz CT molecular complexity index is 741. The molecule has 0 bridgehead atoms. The lowest BCUT2D eigenvalue weighted by atomic mass is 10.2. The minimum Gasteiger partial charge on any atom is -0.479 e. The number of morpholine rings is 1. The number of carbonyl (C=O) groups excluding carboxylic acids is 1. The zero-order valence-corrected chi connectivity index (χ0v) is 13.4. The van der Waals surface area contributed by atoms with Gasteiger partial charge in [-0.2, -0.15) is 0 Å². The molecule has 7 heteroatoms. The molecule has 6 nitrogen and oxygen atoms in total. The van der Waals surface area contributed by atoms with Crippen molar-refractivity contribution in [3.05, 3.63) is 34.5 Å². The average Bonchev–Trinajstić information content (AvgIpc) is 2.88. The minimum absolute atomic E-state index is 0.0131. The Balaban J connectivity index is 1.86. The number of furan rings is 1. The van der Waals surface area contributed by atoms with Crippen LogP contribution in [-0.2, 0) is 9.53 Å². The monoisotopic (exact) mass is 367 g/mol. The van der Waals surface area contributed by atoms with E-state index in [0.29, 0.717) is 12.1 Å². The van der Waals surface area contributed by atoms with Gasteiger partial charge in [-0.25, -0.2) is 4.79 Å². The highest BCUT2D eigenvalue weighted by atomic mass is 79.9. The molecule has 1 aliphatic heterocycles. The number of amides is 1. The second-order valence-electron chi connectivity index (χ2n) is 5.28. The van der Waals surface area contributed by atoms with Gasteiger partial charge in [0, 0.05) is 16.4 Å². The molecule has 0 aliphatic carbocycles. The molecule has 1 fully saturated rings. The first kappa shape index (κ1) is 15.1. The quantitative estimate of drug-likeness (QED) is 0.881. The molecule has 2 atom stereocenters. The van der Waals surface area contributed by atoms with E-state index in [1.807, 2.05) is 12.1 Å². The molecule has 1 N–H and O–H groups in total. The van der Waals surface area contributed by atoms with Gasteiger partial charge in [0.1, 0.15) is 5.58 Å². The Hall–Kier alpha value is -1.86. The van der Waals surface area contributed by atoms with Crippen LogP contribution < -0.4 is 0 Å². The van der Waals surface area contributed by atoms with Crippen LogP contribution in [-0.4, -0.2) is 47.2 Å². The molecule has 0 spiro atoms. The van der Waals surface area contributed by atoms with Crippen molar-refractivity contribution in [1.82, 2.24) is 4.90 Å². The van der Waals surface area contributed by atoms with Crippen molar-refractivity contribution < 1.29 is 23.8 Å². The number of hydrogen-bond acceptors (Lipinski definition) is 4. The summed E-state index contributed by atoms with van der Waals surface area (Å²) >= 11 is 3.37. The van der Waals surface area contributed by atoms with Crippen LogP contribution in [0.5, 0.6) is 0 Å². The Morgan fingerprint density at radius 1 is 1.32 bits per heavy atom. The van der Waals surface area contributed by atoms with Crippen molar-refractivity contribution in [3.63, 3.8) is 0 Å². The van der Waals surface area contributed by atoms with Crippen LogP contribution in [0.2, 0.25) is 0 Å². The zero-order valence-electron chi connectivity index (χ0n) is 11.8. The van der Waals surface area contributed by atoms with Gasteiger partial charge in [0.2, 0.25) is 0 Å². The number of halogens is 1. The summed E-state index contributed by atoms with van der Waals surface area (Å²) in [5.41, 5.74) is 0.614. The normalized spacial score (nSPS) is 22.0. The zero-order chi connectivity index (χ0) is 15.9. The molecule has 116 valence electrons. The Morgan fingerprint density at radius 3 is 2.82 bits per heavy atom. The van der Waals surface area contributed by atoms with E-state index in [4.69, 9.17) is 14.3 Å². The molecule has 1 aromatic carbocycles. The van der Waals surface area contributed by atoms with Crippen molar-refractivity contribution in [2.24, 2.45) is 0 Å². The molecule has 1 unspecified atom stereocenters. The summed E-state index contributed by atoms with van der Waals surface area (Å²) in [6.45, 7) is 2.09. The molecule has 1 saturated heterocycles. The van der Waals surface area contributed by atoms with E-state index in [2.05, 4.69) is 15.9 Å². The number of aliphatic carboxylic acids is 1. The summed E-state index contributed by atoms with van der Waals surface area (Å²) in [5, 5.41) is 9.89. The lowest BCUT2D eigenvalue weighted by Gasteiger charge is -2.34. The van der Waals surface area contributed by atoms with Gasteiger partial charge in [0.25, 0.3) is 5.91 Å². The van der Waals surface area contributed by atoms with Gasteiger partial charge >= 0.3 is 5.97 Å². The second-order valence-corrected chi connectivity index (χ2v) is 6.19. The Kier molecular flexibility index (Phi) is 3.92. The SMILES string of the molecule is C[C@@H]1CN(C(=O)c2cc3cc(Br)ccc3o2)CC(C(=O)O)O1. The lowest BCUT2D eigenvalue weighted by Crippen LogP contribution is -2.51. The highest BCUT2D eigenvalue weighted by Crippen LogP contribution is 2.25. The highest BCUT2D eigenvalue weighted by molar-refractivity contribution is 9.10. The van der Waals surface area contributed by atoms with Crippen LogP contribution >= 0.6 is 15.9 Å². The minimum atomic E-state index is -1.07. The molecule has 2 aromatic rings. The number of carbonyl (C=O) groups is 2. The number of benzene rings is 1. The van der Waals surface area contributed by atoms with Crippen molar-refractivity contribution in [3.8, 4) is 0 Å². The third-order valence-electron chi connectivity index (χ3n) is 3.51. The molecule has 0 saturated carbocycles. The van der Waals surface area contributed by atoms with Crippen molar-refractivity contribution in [2.75, 3.05) is 13.1 Å². The lowest BCUT2D eigenvalue weighted by molar-refractivity contribution is -0.160. The molecule has 22 heavy (non-hydrogen) atoms. The molecule has 1 aliphatic rings. The first-order valence-corrected chi connectivity index (χ1v) is 7.60. The van der Waals surface area contributed by atoms with Gasteiger partial charge in [-0.15, -0.1) is 0 Å². The Morgan fingerprint density at radius 2 is 2.09 bits per heavy atom. The smallest absolute Gasteiger partial charge is 0.334 e. The predicted octanol–water partition coefficient (Wildman–Crippen LogP) is 2.51. The number of ether oxygens (including phenoxy) is 1. The van der Waals surface area contributed by atoms with Crippen LogP contribution in [0.25, 0.3) is 11.0 Å². The first-order chi connectivity index (χ1) is 10.4. The summed E-state index contributed by atoms with van der Waals surface area (Å²) in [5.74, 6) is -1.20. The fourth-order valence-corrected chi connectivity index (χ4v) is 2.91. The van der Waals surface area contributed by atoms with Crippen LogP contribution in [0.4, 0.5) is 0 Å². The van der Waals surface area contributed by atoms with E-state index in [1.165, 1.54) is 4.90 Å². The number of nitrogens with zero attached hydrogens (tertiary/aromatic N) is 1. The molecule has 2 heterocycles.